The molecule has 6 nitrogen and oxygen atoms in total. The molecule has 0 saturated heterocycles. The Bertz CT molecular complexity index is 558. The number of nitrogens with zero attached hydrogens (tertiary/aromatic N) is 4. The first-order chi connectivity index (χ1) is 7.70. The Morgan fingerprint density at radius 3 is 2.88 bits per heavy atom. The Balaban J connectivity index is 2.36. The summed E-state index contributed by atoms with van der Waals surface area (Å²) in [6.07, 6.45) is 2.64. The van der Waals surface area contributed by atoms with Gasteiger partial charge in [0, 0.05) is 19.4 Å². The highest BCUT2D eigenvalue weighted by molar-refractivity contribution is 5.97. The van der Waals surface area contributed by atoms with Crippen molar-refractivity contribution in [3.8, 4) is 0 Å². The second-order valence-electron chi connectivity index (χ2n) is 3.73. The lowest BCUT2D eigenvalue weighted by Gasteiger charge is -2.20. The van der Waals surface area contributed by atoms with Crippen molar-refractivity contribution in [2.45, 2.75) is 6.29 Å². The van der Waals surface area contributed by atoms with Crippen molar-refractivity contribution >= 4 is 22.4 Å². The number of hydroxylamine groups is 1. The maximum Gasteiger partial charge on any atom is 0.179 e. The Labute approximate surface area is 91.9 Å². The van der Waals surface area contributed by atoms with Gasteiger partial charge in [0.1, 0.15) is 11.2 Å². The molecule has 82 valence electrons. The van der Waals surface area contributed by atoms with Crippen molar-refractivity contribution < 1.29 is 5.21 Å². The smallest absolute Gasteiger partial charge is 0.179 e. The number of benzene rings is 1. The standard InChI is InChI=1S/C10H11N5O/c1-14-7-3-2-6-8(13-5-4-12-6)9(7)15(16)10(14)11/h2-5,10,16H,11H2,1H3. The average Bonchev–Trinajstić information content (AvgIpc) is 2.55. The number of aromatic nitrogens is 2. The highest BCUT2D eigenvalue weighted by atomic mass is 16.5. The highest BCUT2D eigenvalue weighted by Crippen LogP contribution is 2.39. The molecular formula is C10H11N5O. The fraction of sp³-hybridized carbons (Fsp3) is 0.200. The quantitative estimate of drug-likeness (QED) is 0.669. The number of nitrogens with two attached hydrogens (primary N) is 1. The van der Waals surface area contributed by atoms with Gasteiger partial charge in [0.25, 0.3) is 0 Å². The molecular weight excluding hydrogens is 206 g/mol. The number of rotatable bonds is 0. The first kappa shape index (κ1) is 9.32. The lowest BCUT2D eigenvalue weighted by atomic mass is 10.2. The maximum absolute atomic E-state index is 9.92. The average molecular weight is 217 g/mol. The minimum Gasteiger partial charge on any atom is -0.339 e. The first-order valence-electron chi connectivity index (χ1n) is 4.90. The van der Waals surface area contributed by atoms with Crippen LogP contribution >= 0.6 is 0 Å². The van der Waals surface area contributed by atoms with Crippen molar-refractivity contribution in [3.05, 3.63) is 24.5 Å². The van der Waals surface area contributed by atoms with Crippen molar-refractivity contribution in [1.82, 2.24) is 9.97 Å². The third-order valence-corrected chi connectivity index (χ3v) is 2.85. The second-order valence-corrected chi connectivity index (χ2v) is 3.73. The van der Waals surface area contributed by atoms with Crippen molar-refractivity contribution in [3.63, 3.8) is 0 Å². The van der Waals surface area contributed by atoms with Gasteiger partial charge in [0.05, 0.1) is 11.2 Å². The topological polar surface area (TPSA) is 78.5 Å². The van der Waals surface area contributed by atoms with Crippen LogP contribution in [0.3, 0.4) is 0 Å². The molecule has 1 aromatic heterocycles. The summed E-state index contributed by atoms with van der Waals surface area (Å²) in [4.78, 5) is 10.2. The molecule has 2 heterocycles. The lowest BCUT2D eigenvalue weighted by molar-refractivity contribution is 0.227. The van der Waals surface area contributed by atoms with Gasteiger partial charge < -0.3 is 4.90 Å². The van der Waals surface area contributed by atoms with E-state index in [0.717, 1.165) is 16.3 Å². The van der Waals surface area contributed by atoms with Gasteiger partial charge in [-0.1, -0.05) is 0 Å². The second kappa shape index (κ2) is 3.03. The molecule has 0 amide bonds. The molecule has 0 saturated carbocycles. The normalized spacial score (nSPS) is 19.3. The van der Waals surface area contributed by atoms with Crippen LogP contribution in [-0.2, 0) is 0 Å². The zero-order valence-electron chi connectivity index (χ0n) is 8.70. The minimum absolute atomic E-state index is 0.581. The van der Waals surface area contributed by atoms with Crippen LogP contribution in [0, 0.1) is 0 Å². The number of anilines is 2. The predicted molar refractivity (Wildman–Crippen MR) is 60.2 cm³/mol. The molecule has 0 spiro atoms. The highest BCUT2D eigenvalue weighted by Gasteiger charge is 2.32. The zero-order valence-corrected chi connectivity index (χ0v) is 8.70. The van der Waals surface area contributed by atoms with E-state index in [1.165, 1.54) is 0 Å². The molecule has 0 radical (unpaired) electrons. The van der Waals surface area contributed by atoms with Gasteiger partial charge in [-0.15, -0.1) is 0 Å². The summed E-state index contributed by atoms with van der Waals surface area (Å²) in [7, 11) is 1.82. The summed E-state index contributed by atoms with van der Waals surface area (Å²) in [6, 6.07) is 3.74. The molecule has 1 aromatic carbocycles. The van der Waals surface area contributed by atoms with Gasteiger partial charge in [0.2, 0.25) is 0 Å². The summed E-state index contributed by atoms with van der Waals surface area (Å²) < 4.78 is 0. The van der Waals surface area contributed by atoms with Crippen molar-refractivity contribution in [2.24, 2.45) is 5.73 Å². The molecule has 1 unspecified atom stereocenters. The van der Waals surface area contributed by atoms with Crippen molar-refractivity contribution in [2.75, 3.05) is 17.0 Å². The third kappa shape index (κ3) is 1.02. The summed E-state index contributed by atoms with van der Waals surface area (Å²) >= 11 is 0. The predicted octanol–water partition coefficient (Wildman–Crippen LogP) is 0.518. The summed E-state index contributed by atoms with van der Waals surface area (Å²) in [5.41, 5.74) is 8.67. The fourth-order valence-corrected chi connectivity index (χ4v) is 1.96. The summed E-state index contributed by atoms with van der Waals surface area (Å²) in [5, 5.41) is 10.9. The molecule has 0 aliphatic carbocycles. The molecule has 0 bridgehead atoms. The van der Waals surface area contributed by atoms with E-state index in [-0.39, 0.29) is 0 Å². The van der Waals surface area contributed by atoms with Gasteiger partial charge in [-0.3, -0.25) is 20.9 Å². The Morgan fingerprint density at radius 2 is 2.06 bits per heavy atom. The van der Waals surface area contributed by atoms with E-state index in [4.69, 9.17) is 5.73 Å². The van der Waals surface area contributed by atoms with Crippen LogP contribution in [0.5, 0.6) is 0 Å². The van der Waals surface area contributed by atoms with E-state index in [1.54, 1.807) is 17.3 Å². The van der Waals surface area contributed by atoms with E-state index in [1.807, 2.05) is 19.2 Å². The van der Waals surface area contributed by atoms with Crippen LogP contribution in [0.4, 0.5) is 11.4 Å². The monoisotopic (exact) mass is 217 g/mol. The lowest BCUT2D eigenvalue weighted by Crippen LogP contribution is -2.46. The molecule has 1 aliphatic heterocycles. The van der Waals surface area contributed by atoms with Crippen LogP contribution < -0.4 is 15.7 Å². The van der Waals surface area contributed by atoms with Gasteiger partial charge in [0.15, 0.2) is 6.29 Å². The summed E-state index contributed by atoms with van der Waals surface area (Å²) in [6.45, 7) is 0. The Morgan fingerprint density at radius 1 is 1.31 bits per heavy atom. The number of hydrogen-bond acceptors (Lipinski definition) is 6. The van der Waals surface area contributed by atoms with Crippen LogP contribution in [0.15, 0.2) is 24.5 Å². The van der Waals surface area contributed by atoms with Crippen LogP contribution in [0.2, 0.25) is 0 Å². The van der Waals surface area contributed by atoms with Gasteiger partial charge in [-0.05, 0) is 12.1 Å². The van der Waals surface area contributed by atoms with Crippen LogP contribution in [0.25, 0.3) is 11.0 Å². The largest absolute Gasteiger partial charge is 0.339 e. The van der Waals surface area contributed by atoms with Gasteiger partial charge >= 0.3 is 0 Å². The van der Waals surface area contributed by atoms with Gasteiger partial charge in [-0.2, -0.15) is 0 Å². The molecule has 1 atom stereocenters. The van der Waals surface area contributed by atoms with E-state index in [9.17, 15) is 5.21 Å². The molecule has 3 N–H and O–H groups in total. The van der Waals surface area contributed by atoms with E-state index >= 15 is 0 Å². The molecule has 16 heavy (non-hydrogen) atoms. The van der Waals surface area contributed by atoms with Gasteiger partial charge in [-0.25, -0.2) is 5.06 Å². The maximum atomic E-state index is 9.92. The first-order valence-corrected chi connectivity index (χ1v) is 4.90. The third-order valence-electron chi connectivity index (χ3n) is 2.85. The van der Waals surface area contributed by atoms with E-state index < -0.39 is 6.29 Å². The van der Waals surface area contributed by atoms with E-state index in [2.05, 4.69) is 9.97 Å². The molecule has 3 rings (SSSR count). The van der Waals surface area contributed by atoms with Crippen LogP contribution in [0.1, 0.15) is 0 Å². The molecule has 2 aromatic rings. The van der Waals surface area contributed by atoms with E-state index in [0.29, 0.717) is 11.2 Å². The molecule has 6 heteroatoms. The zero-order chi connectivity index (χ0) is 11.3. The molecule has 0 fully saturated rings. The molecule has 1 aliphatic rings. The van der Waals surface area contributed by atoms with Crippen LogP contribution in [-0.4, -0.2) is 28.5 Å². The SMILES string of the molecule is CN1c2ccc3nccnc3c2N(O)C1N. The minimum atomic E-state index is -0.581. The Hall–Kier alpha value is -1.92. The number of hydrogen-bond donors (Lipinski definition) is 2. The summed E-state index contributed by atoms with van der Waals surface area (Å²) in [5.74, 6) is 0. The fourth-order valence-electron chi connectivity index (χ4n) is 1.96. The Kier molecular flexibility index (Phi) is 1.77. The van der Waals surface area contributed by atoms with Crippen molar-refractivity contribution in [1.29, 1.82) is 0 Å². The number of fused-ring (bicyclic) bond motifs is 3.